The second-order valence-corrected chi connectivity index (χ2v) is 11.8. The number of carboxylic acid groups (broad SMARTS) is 2. The number of aromatic nitrogens is 1. The van der Waals surface area contributed by atoms with E-state index in [1.54, 1.807) is 18.5 Å². The number of rotatable bonds is 3. The minimum absolute atomic E-state index is 0.000739. The Balaban J connectivity index is 0.000000265. The zero-order chi connectivity index (χ0) is 32.4. The molecule has 1 saturated heterocycles. The van der Waals surface area contributed by atoms with Crippen LogP contribution in [0.15, 0.2) is 65.8 Å². The standard InChI is InChI=1S/C23H20N2O4S.2C2HF3O2/c26-30(27)22-4-2-17(16-5-7-24-8-6-16)10-18(22)19-12-25(13-23(19)30)11-15-1-3-20-21(9-15)29-14-28-20;2*3-2(4,5)1(6)7/h1-10,19,23H,11-14H2;2*(H,6,7). The zero-order valence-electron chi connectivity index (χ0n) is 22.2. The van der Waals surface area contributed by atoms with E-state index in [-0.39, 0.29) is 18.0 Å². The van der Waals surface area contributed by atoms with Crippen molar-refractivity contribution in [3.05, 3.63) is 72.1 Å². The lowest BCUT2D eigenvalue weighted by molar-refractivity contribution is -0.193. The highest BCUT2D eigenvalue weighted by Gasteiger charge is 2.50. The van der Waals surface area contributed by atoms with Gasteiger partial charge in [0.15, 0.2) is 21.3 Å². The van der Waals surface area contributed by atoms with Gasteiger partial charge < -0.3 is 19.7 Å². The molecular formula is C27H22F6N2O8S. The Bertz CT molecular complexity index is 1620. The highest BCUT2D eigenvalue weighted by Crippen LogP contribution is 2.46. The molecule has 17 heteroatoms. The number of alkyl halides is 6. The van der Waals surface area contributed by atoms with Crippen molar-refractivity contribution in [1.29, 1.82) is 0 Å². The minimum Gasteiger partial charge on any atom is -0.475 e. The highest BCUT2D eigenvalue weighted by atomic mass is 32.2. The van der Waals surface area contributed by atoms with Gasteiger partial charge in [0.1, 0.15) is 0 Å². The van der Waals surface area contributed by atoms with Gasteiger partial charge in [0.05, 0.1) is 10.1 Å². The first-order valence-corrected chi connectivity index (χ1v) is 14.0. The van der Waals surface area contributed by atoms with Crippen LogP contribution >= 0.6 is 0 Å². The lowest BCUT2D eigenvalue weighted by Gasteiger charge is -2.18. The van der Waals surface area contributed by atoms with Crippen molar-refractivity contribution in [2.24, 2.45) is 0 Å². The molecule has 3 aromatic rings. The minimum atomic E-state index is -5.08. The number of halogens is 6. The maximum Gasteiger partial charge on any atom is 0.490 e. The van der Waals surface area contributed by atoms with Crippen molar-refractivity contribution in [2.45, 2.75) is 35.0 Å². The van der Waals surface area contributed by atoms with Crippen molar-refractivity contribution < 1.29 is 64.0 Å². The molecule has 4 heterocycles. The van der Waals surface area contributed by atoms with Gasteiger partial charge in [-0.1, -0.05) is 12.1 Å². The first-order chi connectivity index (χ1) is 20.5. The van der Waals surface area contributed by atoms with E-state index in [0.717, 1.165) is 40.3 Å². The average Bonchev–Trinajstić information content (AvgIpc) is 3.64. The van der Waals surface area contributed by atoms with Gasteiger partial charge in [-0.05, 0) is 58.7 Å². The fourth-order valence-corrected chi connectivity index (χ4v) is 7.07. The van der Waals surface area contributed by atoms with Crippen LogP contribution in [-0.4, -0.2) is 77.9 Å². The fourth-order valence-electron chi connectivity index (χ4n) is 4.88. The van der Waals surface area contributed by atoms with Gasteiger partial charge in [-0.3, -0.25) is 9.88 Å². The van der Waals surface area contributed by atoms with E-state index in [1.165, 1.54) is 0 Å². The lowest BCUT2D eigenvalue weighted by Crippen LogP contribution is -2.25. The van der Waals surface area contributed by atoms with Crippen LogP contribution in [0.3, 0.4) is 0 Å². The van der Waals surface area contributed by atoms with E-state index in [1.807, 2.05) is 36.4 Å². The Morgan fingerprint density at radius 3 is 2.02 bits per heavy atom. The van der Waals surface area contributed by atoms with Crippen LogP contribution < -0.4 is 9.47 Å². The third-order valence-corrected chi connectivity index (χ3v) is 9.06. The molecule has 0 radical (unpaired) electrons. The van der Waals surface area contributed by atoms with E-state index in [2.05, 4.69) is 16.0 Å². The molecule has 0 bridgehead atoms. The van der Waals surface area contributed by atoms with Crippen LogP contribution in [0.1, 0.15) is 17.0 Å². The van der Waals surface area contributed by atoms with Gasteiger partial charge in [0, 0.05) is 37.9 Å². The van der Waals surface area contributed by atoms with Crippen LogP contribution in [0.2, 0.25) is 0 Å². The van der Waals surface area contributed by atoms with Crippen LogP contribution in [-0.2, 0) is 26.0 Å². The Morgan fingerprint density at radius 2 is 1.43 bits per heavy atom. The molecule has 3 aliphatic rings. The molecule has 44 heavy (non-hydrogen) atoms. The van der Waals surface area contributed by atoms with E-state index in [0.29, 0.717) is 18.0 Å². The summed E-state index contributed by atoms with van der Waals surface area (Å²) in [4.78, 5) is 24.6. The molecule has 0 saturated carbocycles. The predicted octanol–water partition coefficient (Wildman–Crippen LogP) is 4.50. The molecule has 2 aromatic carbocycles. The Kier molecular flexibility index (Phi) is 9.11. The van der Waals surface area contributed by atoms with Crippen molar-refractivity contribution in [1.82, 2.24) is 9.88 Å². The lowest BCUT2D eigenvalue weighted by atomic mass is 9.95. The van der Waals surface area contributed by atoms with Gasteiger partial charge in [-0.25, -0.2) is 18.0 Å². The second kappa shape index (κ2) is 12.3. The number of hydrogen-bond acceptors (Lipinski definition) is 8. The summed E-state index contributed by atoms with van der Waals surface area (Å²) in [6.45, 7) is 2.21. The molecule has 6 rings (SSSR count). The largest absolute Gasteiger partial charge is 0.490 e. The SMILES string of the molecule is O=C(O)C(F)(F)F.O=C(O)C(F)(F)F.O=S1(=O)c2ccc(-c3ccncc3)cc2C2CN(Cc3ccc4c(c3)OCO4)CC21. The quantitative estimate of drug-likeness (QED) is 0.390. The van der Waals surface area contributed by atoms with Crippen LogP contribution in [0.4, 0.5) is 26.3 Å². The van der Waals surface area contributed by atoms with Crippen molar-refractivity contribution in [3.8, 4) is 22.6 Å². The summed E-state index contributed by atoms with van der Waals surface area (Å²) in [6.07, 6.45) is -6.66. The summed E-state index contributed by atoms with van der Waals surface area (Å²) in [6, 6.07) is 15.6. The van der Waals surface area contributed by atoms with Crippen molar-refractivity contribution in [2.75, 3.05) is 19.9 Å². The van der Waals surface area contributed by atoms with Crippen LogP contribution in [0.25, 0.3) is 11.1 Å². The van der Waals surface area contributed by atoms with Crippen molar-refractivity contribution in [3.63, 3.8) is 0 Å². The maximum absolute atomic E-state index is 13.2. The molecule has 0 amide bonds. The van der Waals surface area contributed by atoms with Gasteiger partial charge >= 0.3 is 24.3 Å². The Hall–Kier alpha value is -4.38. The Morgan fingerprint density at radius 1 is 0.841 bits per heavy atom. The fraction of sp³-hybridized carbons (Fsp3) is 0.296. The monoisotopic (exact) mass is 648 g/mol. The molecule has 10 nitrogen and oxygen atoms in total. The van der Waals surface area contributed by atoms with Crippen molar-refractivity contribution >= 4 is 21.8 Å². The van der Waals surface area contributed by atoms with Crippen LogP contribution in [0.5, 0.6) is 11.5 Å². The number of aliphatic carboxylic acids is 2. The smallest absolute Gasteiger partial charge is 0.475 e. The number of sulfone groups is 1. The predicted molar refractivity (Wildman–Crippen MR) is 139 cm³/mol. The summed E-state index contributed by atoms with van der Waals surface area (Å²) in [7, 11) is -3.32. The van der Waals surface area contributed by atoms with E-state index in [9.17, 15) is 34.8 Å². The van der Waals surface area contributed by atoms with E-state index in [4.69, 9.17) is 29.3 Å². The summed E-state index contributed by atoms with van der Waals surface area (Å²) in [5, 5.41) is 13.9. The number of ether oxygens (including phenoxy) is 2. The average molecular weight is 649 g/mol. The maximum atomic E-state index is 13.2. The summed E-state index contributed by atoms with van der Waals surface area (Å²) < 4.78 is 101. The summed E-state index contributed by atoms with van der Waals surface area (Å²) >= 11 is 0. The number of hydrogen-bond donors (Lipinski definition) is 2. The molecule has 2 N–H and O–H groups in total. The molecular weight excluding hydrogens is 626 g/mol. The van der Waals surface area contributed by atoms with Gasteiger partial charge in [0.2, 0.25) is 6.79 Å². The zero-order valence-corrected chi connectivity index (χ0v) is 23.0. The van der Waals surface area contributed by atoms with Gasteiger partial charge in [0.25, 0.3) is 0 Å². The molecule has 2 atom stereocenters. The molecule has 0 spiro atoms. The van der Waals surface area contributed by atoms with E-state index < -0.39 is 34.1 Å². The first kappa shape index (κ1) is 32.5. The van der Waals surface area contributed by atoms with Crippen LogP contribution in [0, 0.1) is 0 Å². The molecule has 1 aromatic heterocycles. The number of carbonyl (C=O) groups is 2. The highest BCUT2D eigenvalue weighted by molar-refractivity contribution is 7.92. The second-order valence-electron chi connectivity index (χ2n) is 9.67. The normalized spacial score (nSPS) is 19.5. The third-order valence-electron chi connectivity index (χ3n) is 6.80. The number of likely N-dealkylation sites (tertiary alicyclic amines) is 1. The number of fused-ring (bicyclic) bond motifs is 4. The number of nitrogens with zero attached hydrogens (tertiary/aromatic N) is 2. The topological polar surface area (TPSA) is 143 Å². The number of carboxylic acids is 2. The summed E-state index contributed by atoms with van der Waals surface area (Å²) in [5.41, 5.74) is 4.12. The summed E-state index contributed by atoms with van der Waals surface area (Å²) in [5.74, 6) is -4.00. The molecule has 2 unspecified atom stereocenters. The van der Waals surface area contributed by atoms with Gasteiger partial charge in [-0.2, -0.15) is 26.3 Å². The Labute approximate surface area is 245 Å². The van der Waals surface area contributed by atoms with E-state index >= 15 is 0 Å². The number of pyridine rings is 1. The molecule has 3 aliphatic heterocycles. The van der Waals surface area contributed by atoms with Gasteiger partial charge in [-0.15, -0.1) is 0 Å². The molecule has 0 aliphatic carbocycles. The molecule has 236 valence electrons. The number of benzene rings is 2. The third kappa shape index (κ3) is 7.21. The molecule has 1 fully saturated rings. The first-order valence-electron chi connectivity index (χ1n) is 12.5.